The third kappa shape index (κ3) is 5.70. The van der Waals surface area contributed by atoms with E-state index in [1.807, 2.05) is 0 Å². The molecule has 0 saturated carbocycles. The van der Waals surface area contributed by atoms with E-state index in [1.165, 1.54) is 0 Å². The molecule has 1 aromatic heterocycles. The first kappa shape index (κ1) is 37.9. The van der Waals surface area contributed by atoms with Gasteiger partial charge in [-0.2, -0.15) is 0 Å². The second-order valence-corrected chi connectivity index (χ2v) is 11.7. The maximum Gasteiger partial charge on any atom is 0.195 e. The molecule has 3 nitrogen and oxygen atoms in total. The molecule has 2 unspecified atom stereocenters. The van der Waals surface area contributed by atoms with Gasteiger partial charge < -0.3 is 0 Å². The Morgan fingerprint density at radius 2 is 0.667 bits per heavy atom. The van der Waals surface area contributed by atoms with Gasteiger partial charge in [-0.1, -0.05) is 0 Å². The van der Waals surface area contributed by atoms with Gasteiger partial charge in [0.1, 0.15) is 19.2 Å². The van der Waals surface area contributed by atoms with Gasteiger partial charge in [-0.15, -0.1) is 18.5 Å². The van der Waals surface area contributed by atoms with Crippen molar-refractivity contribution in [1.29, 1.82) is 0 Å². The van der Waals surface area contributed by atoms with Crippen LogP contribution in [0.2, 0.25) is 0 Å². The van der Waals surface area contributed by atoms with E-state index in [0.717, 1.165) is 13.8 Å². The van der Waals surface area contributed by atoms with E-state index in [1.54, 1.807) is 18.5 Å². The zero-order chi connectivity index (χ0) is 38.1. The van der Waals surface area contributed by atoms with Gasteiger partial charge in [-0.05, 0) is 35.6 Å². The fourth-order valence-electron chi connectivity index (χ4n) is 5.05. The smallest absolute Gasteiger partial charge is 0.195 e. The molecule has 0 aliphatic carbocycles. The number of benzene rings is 4. The molecule has 4 aromatic carbocycles. The molecule has 1 heterocycles. The highest BCUT2D eigenvalue weighted by Crippen LogP contribution is 2.42. The summed E-state index contributed by atoms with van der Waals surface area (Å²) in [5, 5.41) is -1.16. The van der Waals surface area contributed by atoms with Crippen LogP contribution in [0.1, 0.15) is 22.3 Å². The Hall–Kier alpha value is -4.30. The van der Waals surface area contributed by atoms with Crippen LogP contribution in [0.3, 0.4) is 0 Å². The fraction of sp³-hybridized carbons (Fsp3) is 0.129. The SMILES string of the molecule is Cc1c(F)c(F)c(F)c(-c2nc(-c3c(F)c(F)c(-c4c(F)c(F)c(CF)c(F)c4CF)c(F)c3F)nc(-c3c(F)c(F)c(F)c(C)c3P)n2)c1P. The van der Waals surface area contributed by atoms with Gasteiger partial charge in [-0.25, -0.2) is 80.8 Å². The Balaban J connectivity index is 1.94. The molecule has 0 N–H and O–H groups in total. The summed E-state index contributed by atoms with van der Waals surface area (Å²) >= 11 is 0. The van der Waals surface area contributed by atoms with Gasteiger partial charge in [0.05, 0.1) is 27.8 Å². The Morgan fingerprint density at radius 1 is 0.353 bits per heavy atom. The Bertz CT molecular complexity index is 2160. The quantitative estimate of drug-likeness (QED) is 0.0749. The fourth-order valence-corrected chi connectivity index (χ4v) is 5.82. The minimum absolute atomic E-state index is 0.578. The van der Waals surface area contributed by atoms with Crippen LogP contribution in [0.25, 0.3) is 45.3 Å². The average molecular weight is 775 g/mol. The van der Waals surface area contributed by atoms with Crippen LogP contribution >= 0.6 is 18.5 Å². The summed E-state index contributed by atoms with van der Waals surface area (Å²) in [5.74, 6) is -33.8. The molecule has 0 saturated heterocycles. The molecule has 0 radical (unpaired) electrons. The minimum atomic E-state index is -2.68. The van der Waals surface area contributed by atoms with Crippen molar-refractivity contribution in [1.82, 2.24) is 15.0 Å². The summed E-state index contributed by atoms with van der Waals surface area (Å²) in [4.78, 5) is 10.6. The van der Waals surface area contributed by atoms with E-state index in [4.69, 9.17) is 0 Å². The summed E-state index contributed by atoms with van der Waals surface area (Å²) < 4.78 is 222. The van der Waals surface area contributed by atoms with E-state index in [2.05, 4.69) is 15.0 Å². The van der Waals surface area contributed by atoms with Gasteiger partial charge >= 0.3 is 0 Å². The molecule has 0 amide bonds. The Morgan fingerprint density at radius 3 is 1.04 bits per heavy atom. The van der Waals surface area contributed by atoms with E-state index >= 15 is 26.3 Å². The van der Waals surface area contributed by atoms with Crippen LogP contribution in [0.4, 0.5) is 65.9 Å². The molecule has 5 aromatic rings. The zero-order valence-corrected chi connectivity index (χ0v) is 27.4. The van der Waals surface area contributed by atoms with E-state index in [9.17, 15) is 39.5 Å². The van der Waals surface area contributed by atoms with Crippen LogP contribution < -0.4 is 10.6 Å². The second kappa shape index (κ2) is 13.7. The number of hydrogen-bond acceptors (Lipinski definition) is 3. The van der Waals surface area contributed by atoms with Crippen LogP contribution in [-0.2, 0) is 13.3 Å². The van der Waals surface area contributed by atoms with E-state index < -0.39 is 167 Å². The van der Waals surface area contributed by atoms with E-state index in [0.29, 0.717) is 0 Å². The van der Waals surface area contributed by atoms with Crippen LogP contribution in [-0.4, -0.2) is 15.0 Å². The molecule has 51 heavy (non-hydrogen) atoms. The zero-order valence-electron chi connectivity index (χ0n) is 25.1. The highest BCUT2D eigenvalue weighted by atomic mass is 31.0. The molecule has 2 atom stereocenters. The highest BCUT2D eigenvalue weighted by molar-refractivity contribution is 7.28. The Labute approximate surface area is 280 Å². The van der Waals surface area contributed by atoms with Gasteiger partial charge in [0.2, 0.25) is 0 Å². The molecule has 0 bridgehead atoms. The van der Waals surface area contributed by atoms with Gasteiger partial charge in [-0.3, -0.25) is 0 Å². The lowest BCUT2D eigenvalue weighted by Gasteiger charge is -2.18. The molecular weight excluding hydrogens is 761 g/mol. The molecule has 0 spiro atoms. The first-order chi connectivity index (χ1) is 23.8. The highest BCUT2D eigenvalue weighted by Gasteiger charge is 2.36. The number of aromatic nitrogens is 3. The monoisotopic (exact) mass is 775 g/mol. The first-order valence-electron chi connectivity index (χ1n) is 13.6. The van der Waals surface area contributed by atoms with E-state index in [-0.39, 0.29) is 0 Å². The third-order valence-corrected chi connectivity index (χ3v) is 9.25. The summed E-state index contributed by atoms with van der Waals surface area (Å²) in [5.41, 5.74) is -13.2. The standard InChI is InChI=1S/C31H14F15N3P2/c1-5-14(34)25(45)23(43)12(27(5)50)30-47-29(48-31(49-30)13-24(44)26(46)15(35)6(2)28(13)51)11-21(41)19(39)10(20(40)22(11)42)9-7(3-32)16(36)8(4-33)17(37)18(9)38/h3-4,50-51H2,1-2H3. The molecule has 20 heteroatoms. The predicted molar refractivity (Wildman–Crippen MR) is 159 cm³/mol. The van der Waals surface area contributed by atoms with Crippen LogP contribution in [0, 0.1) is 89.5 Å². The number of rotatable bonds is 6. The average Bonchev–Trinajstić information content (AvgIpc) is 3.10. The molecule has 0 fully saturated rings. The Kier molecular flexibility index (Phi) is 10.2. The van der Waals surface area contributed by atoms with Crippen molar-refractivity contribution >= 4 is 29.1 Å². The summed E-state index contributed by atoms with van der Waals surface area (Å²) in [6, 6.07) is 0. The largest absolute Gasteiger partial charge is 0.246 e. The predicted octanol–water partition coefficient (Wildman–Crippen LogP) is 8.90. The summed E-state index contributed by atoms with van der Waals surface area (Å²) in [7, 11) is 3.53. The molecule has 0 aliphatic rings. The molecule has 0 aliphatic heterocycles. The maximum atomic E-state index is 15.8. The molecule has 5 rings (SSSR count). The van der Waals surface area contributed by atoms with Gasteiger partial charge in [0.25, 0.3) is 0 Å². The van der Waals surface area contributed by atoms with Crippen LogP contribution in [0.15, 0.2) is 0 Å². The van der Waals surface area contributed by atoms with Crippen LogP contribution in [0.5, 0.6) is 0 Å². The molecule has 268 valence electrons. The van der Waals surface area contributed by atoms with Crippen molar-refractivity contribution in [2.75, 3.05) is 0 Å². The number of halogens is 15. The topological polar surface area (TPSA) is 38.7 Å². The maximum absolute atomic E-state index is 15.8. The number of alkyl halides is 2. The summed E-state index contributed by atoms with van der Waals surface area (Å²) in [6.45, 7) is -2.44. The lowest BCUT2D eigenvalue weighted by atomic mass is 9.93. The summed E-state index contributed by atoms with van der Waals surface area (Å²) in [6.07, 6.45) is 0. The normalized spacial score (nSPS) is 11.6. The first-order valence-corrected chi connectivity index (χ1v) is 14.8. The second-order valence-electron chi connectivity index (χ2n) is 10.6. The van der Waals surface area contributed by atoms with Crippen molar-refractivity contribution in [2.45, 2.75) is 27.2 Å². The molecular formula is C31H14F15N3P2. The van der Waals surface area contributed by atoms with Crippen molar-refractivity contribution in [3.8, 4) is 45.3 Å². The van der Waals surface area contributed by atoms with Crippen molar-refractivity contribution in [3.63, 3.8) is 0 Å². The number of nitrogens with zero attached hydrogens (tertiary/aromatic N) is 3. The third-order valence-electron chi connectivity index (χ3n) is 7.81. The lowest BCUT2D eigenvalue weighted by Crippen LogP contribution is -2.17. The number of hydrogen-bond donors (Lipinski definition) is 0. The van der Waals surface area contributed by atoms with Crippen molar-refractivity contribution in [3.05, 3.63) is 97.9 Å². The van der Waals surface area contributed by atoms with Crippen molar-refractivity contribution < 1.29 is 65.9 Å². The minimum Gasteiger partial charge on any atom is -0.246 e. The van der Waals surface area contributed by atoms with Crippen molar-refractivity contribution in [2.24, 2.45) is 0 Å². The lowest BCUT2D eigenvalue weighted by molar-refractivity contribution is 0.402. The van der Waals surface area contributed by atoms with Gasteiger partial charge in [0, 0.05) is 11.1 Å². The van der Waals surface area contributed by atoms with Gasteiger partial charge in [0.15, 0.2) is 87.3 Å².